The number of rotatable bonds is 2. The first-order chi connectivity index (χ1) is 8.59. The van der Waals surface area contributed by atoms with E-state index in [9.17, 15) is 8.60 Å². The fourth-order valence-electron chi connectivity index (χ4n) is 2.66. The fourth-order valence-corrected chi connectivity index (χ4v) is 4.27. The molecule has 1 fully saturated rings. The van der Waals surface area contributed by atoms with E-state index >= 15 is 0 Å². The lowest BCUT2D eigenvalue weighted by Crippen LogP contribution is -2.40. The highest BCUT2D eigenvalue weighted by Crippen LogP contribution is 2.40. The predicted molar refractivity (Wildman–Crippen MR) is 70.3 cm³/mol. The van der Waals surface area contributed by atoms with Gasteiger partial charge in [0.2, 0.25) is 0 Å². The zero-order valence-electron chi connectivity index (χ0n) is 10.7. The average Bonchev–Trinajstić information content (AvgIpc) is 3.15. The van der Waals surface area contributed by atoms with Crippen molar-refractivity contribution >= 4 is 10.8 Å². The first-order valence-electron chi connectivity index (χ1n) is 6.54. The molecular formula is C14H18FNOS. The van der Waals surface area contributed by atoms with Crippen LogP contribution in [0.2, 0.25) is 0 Å². The Kier molecular flexibility index (Phi) is 3.02. The van der Waals surface area contributed by atoms with Crippen molar-refractivity contribution in [2.75, 3.05) is 0 Å². The van der Waals surface area contributed by atoms with E-state index < -0.39 is 10.8 Å². The van der Waals surface area contributed by atoms with Gasteiger partial charge in [0.1, 0.15) is 5.82 Å². The second-order valence-corrected chi connectivity index (χ2v) is 7.19. The molecule has 0 spiro atoms. The summed E-state index contributed by atoms with van der Waals surface area (Å²) in [6.45, 7) is 4.06. The van der Waals surface area contributed by atoms with Crippen molar-refractivity contribution in [1.82, 2.24) is 5.32 Å². The van der Waals surface area contributed by atoms with E-state index in [2.05, 4.69) is 12.2 Å². The lowest BCUT2D eigenvalue weighted by atomic mass is 9.91. The van der Waals surface area contributed by atoms with Gasteiger partial charge in [-0.15, -0.1) is 0 Å². The molecule has 3 rings (SSSR count). The summed E-state index contributed by atoms with van der Waals surface area (Å²) in [7, 11) is -1.23. The van der Waals surface area contributed by atoms with Crippen molar-refractivity contribution in [2.24, 2.45) is 5.92 Å². The van der Waals surface area contributed by atoms with E-state index in [1.54, 1.807) is 6.07 Å². The van der Waals surface area contributed by atoms with Crippen molar-refractivity contribution in [3.63, 3.8) is 0 Å². The minimum absolute atomic E-state index is 0.00866. The molecule has 4 atom stereocenters. The molecule has 0 bridgehead atoms. The molecule has 0 amide bonds. The Morgan fingerprint density at radius 3 is 2.72 bits per heavy atom. The molecule has 1 heterocycles. The zero-order valence-corrected chi connectivity index (χ0v) is 11.5. The molecule has 1 saturated carbocycles. The molecule has 1 aliphatic carbocycles. The molecule has 2 nitrogen and oxygen atoms in total. The number of benzene rings is 1. The van der Waals surface area contributed by atoms with Gasteiger partial charge in [0.25, 0.3) is 0 Å². The summed E-state index contributed by atoms with van der Waals surface area (Å²) in [5, 5.41) is 3.57. The highest BCUT2D eigenvalue weighted by Gasteiger charge is 2.40. The van der Waals surface area contributed by atoms with Gasteiger partial charge >= 0.3 is 0 Å². The molecule has 0 radical (unpaired) electrons. The van der Waals surface area contributed by atoms with Crippen molar-refractivity contribution < 1.29 is 8.60 Å². The summed E-state index contributed by atoms with van der Waals surface area (Å²) < 4.78 is 26.3. The highest BCUT2D eigenvalue weighted by atomic mass is 32.2. The lowest BCUT2D eigenvalue weighted by Gasteiger charge is -2.36. The third-order valence-corrected chi connectivity index (χ3v) is 6.07. The van der Waals surface area contributed by atoms with Crippen LogP contribution in [0.5, 0.6) is 0 Å². The van der Waals surface area contributed by atoms with Crippen molar-refractivity contribution in [3.8, 4) is 0 Å². The maximum atomic E-state index is 13.9. The molecule has 2 aliphatic rings. The Balaban J connectivity index is 2.07. The Morgan fingerprint density at radius 1 is 1.33 bits per heavy atom. The van der Waals surface area contributed by atoms with E-state index in [1.165, 1.54) is 18.9 Å². The van der Waals surface area contributed by atoms with Gasteiger partial charge in [-0.1, -0.05) is 26.0 Å². The quantitative estimate of drug-likeness (QED) is 0.892. The zero-order chi connectivity index (χ0) is 12.9. The summed E-state index contributed by atoms with van der Waals surface area (Å²) >= 11 is 0. The summed E-state index contributed by atoms with van der Waals surface area (Å²) in [6, 6.07) is 5.74. The topological polar surface area (TPSA) is 29.1 Å². The van der Waals surface area contributed by atoms with Crippen LogP contribution in [0.1, 0.15) is 38.3 Å². The normalized spacial score (nSPS) is 35.3. The van der Waals surface area contributed by atoms with Gasteiger partial charge in [0.05, 0.1) is 15.7 Å². The van der Waals surface area contributed by atoms with Crippen LogP contribution in [-0.2, 0) is 10.8 Å². The van der Waals surface area contributed by atoms with E-state index in [0.717, 1.165) is 5.56 Å². The maximum absolute atomic E-state index is 13.9. The molecule has 1 aromatic rings. The van der Waals surface area contributed by atoms with Crippen LogP contribution < -0.4 is 5.32 Å². The molecule has 4 unspecified atom stereocenters. The third kappa shape index (κ3) is 1.91. The Labute approximate surface area is 109 Å². The minimum atomic E-state index is -1.23. The number of nitrogens with one attached hydrogen (secondary N) is 1. The molecule has 0 saturated heterocycles. The summed E-state index contributed by atoms with van der Waals surface area (Å²) in [6.07, 6.45) is 2.40. The van der Waals surface area contributed by atoms with E-state index in [1.807, 2.05) is 13.0 Å². The van der Waals surface area contributed by atoms with Crippen LogP contribution in [-0.4, -0.2) is 15.5 Å². The lowest BCUT2D eigenvalue weighted by molar-refractivity contribution is 0.359. The molecule has 4 heteroatoms. The molecule has 18 heavy (non-hydrogen) atoms. The van der Waals surface area contributed by atoms with Gasteiger partial charge < -0.3 is 5.32 Å². The minimum Gasteiger partial charge on any atom is -0.307 e. The monoisotopic (exact) mass is 267 g/mol. The van der Waals surface area contributed by atoms with Crippen LogP contribution in [0.15, 0.2) is 23.1 Å². The molecule has 1 aliphatic heterocycles. The molecule has 1 N–H and O–H groups in total. The van der Waals surface area contributed by atoms with Gasteiger partial charge in [0, 0.05) is 17.3 Å². The van der Waals surface area contributed by atoms with E-state index in [0.29, 0.717) is 10.9 Å². The molecular weight excluding hydrogens is 249 g/mol. The molecule has 1 aromatic carbocycles. The predicted octanol–water partition coefficient (Wildman–Crippen LogP) is 2.76. The van der Waals surface area contributed by atoms with Crippen LogP contribution in [0.4, 0.5) is 4.39 Å². The summed E-state index contributed by atoms with van der Waals surface area (Å²) in [5.41, 5.74) is 0.894. The summed E-state index contributed by atoms with van der Waals surface area (Å²) in [5.74, 6) is -0.0621. The number of hydrogen-bond acceptors (Lipinski definition) is 2. The molecule has 0 aromatic heterocycles. The Bertz CT molecular complexity index is 501. The highest BCUT2D eigenvalue weighted by molar-refractivity contribution is 7.85. The Morgan fingerprint density at radius 2 is 2.06 bits per heavy atom. The second kappa shape index (κ2) is 4.42. The van der Waals surface area contributed by atoms with Crippen LogP contribution >= 0.6 is 0 Å². The fraction of sp³-hybridized carbons (Fsp3) is 0.571. The third-order valence-electron chi connectivity index (χ3n) is 4.13. The van der Waals surface area contributed by atoms with E-state index in [4.69, 9.17) is 0 Å². The van der Waals surface area contributed by atoms with Crippen molar-refractivity contribution in [1.29, 1.82) is 0 Å². The number of fused-ring (bicyclic) bond motifs is 1. The standard InChI is InChI=1S/C14H18FNOS/c1-8-9(2)18(17)14-11(4-3-5-12(14)15)13(8)16-10-6-7-10/h3-5,8-10,13,16H,6-7H2,1-2H3. The van der Waals surface area contributed by atoms with Gasteiger partial charge in [-0.25, -0.2) is 4.39 Å². The largest absolute Gasteiger partial charge is 0.307 e. The van der Waals surface area contributed by atoms with Gasteiger partial charge in [-0.3, -0.25) is 4.21 Å². The van der Waals surface area contributed by atoms with Crippen LogP contribution in [0.3, 0.4) is 0 Å². The maximum Gasteiger partial charge on any atom is 0.139 e. The smallest absolute Gasteiger partial charge is 0.139 e. The Hall–Kier alpha value is -0.740. The van der Waals surface area contributed by atoms with Gasteiger partial charge in [-0.05, 0) is 30.4 Å². The SMILES string of the molecule is CC1C(NC2CC2)c2cccc(F)c2S(=O)C1C. The van der Waals surface area contributed by atoms with Gasteiger partial charge in [0.15, 0.2) is 0 Å². The number of halogens is 1. The average molecular weight is 267 g/mol. The van der Waals surface area contributed by atoms with Crippen LogP contribution in [0.25, 0.3) is 0 Å². The first kappa shape index (κ1) is 12.3. The first-order valence-corrected chi connectivity index (χ1v) is 7.76. The van der Waals surface area contributed by atoms with Crippen molar-refractivity contribution in [2.45, 2.75) is 48.9 Å². The van der Waals surface area contributed by atoms with Crippen LogP contribution in [0, 0.1) is 11.7 Å². The van der Waals surface area contributed by atoms with Crippen molar-refractivity contribution in [3.05, 3.63) is 29.6 Å². The molecule has 98 valence electrons. The van der Waals surface area contributed by atoms with E-state index in [-0.39, 0.29) is 23.0 Å². The second-order valence-electron chi connectivity index (χ2n) is 5.44. The number of hydrogen-bond donors (Lipinski definition) is 1. The summed E-state index contributed by atoms with van der Waals surface area (Å²) in [4.78, 5) is 0.418. The van der Waals surface area contributed by atoms with Gasteiger partial charge in [-0.2, -0.15) is 0 Å².